The Balaban J connectivity index is 2.22. The van der Waals surface area contributed by atoms with Crippen LogP contribution in [0.15, 0.2) is 49.2 Å². The van der Waals surface area contributed by atoms with E-state index in [2.05, 4.69) is 43.9 Å². The van der Waals surface area contributed by atoms with Gasteiger partial charge in [0.25, 0.3) is 5.56 Å². The molecular formula is C21H20Br2ClN3O2. The van der Waals surface area contributed by atoms with Gasteiger partial charge in [-0.3, -0.25) is 4.79 Å². The van der Waals surface area contributed by atoms with Crippen LogP contribution < -0.4 is 10.3 Å². The molecule has 3 rings (SSSR count). The summed E-state index contributed by atoms with van der Waals surface area (Å²) in [6.45, 7) is 6.47. The highest BCUT2D eigenvalue weighted by Crippen LogP contribution is 2.32. The van der Waals surface area contributed by atoms with Crippen LogP contribution in [0.4, 0.5) is 0 Å². The summed E-state index contributed by atoms with van der Waals surface area (Å²) in [6.07, 6.45) is 2.41. The zero-order valence-corrected chi connectivity index (χ0v) is 20.2. The largest absolute Gasteiger partial charge is 0.492 e. The van der Waals surface area contributed by atoms with Gasteiger partial charge in [-0.2, -0.15) is 9.78 Å². The number of rotatable bonds is 6. The first kappa shape index (κ1) is 22.0. The SMILES string of the molecule is CCOc1c(Br)cc(Cl)cc1C=Nn1c([C@H](C)CC)nc2ccc(Br)cc2c1=O. The van der Waals surface area contributed by atoms with Crippen molar-refractivity contribution in [2.24, 2.45) is 5.10 Å². The molecule has 1 heterocycles. The van der Waals surface area contributed by atoms with Crippen LogP contribution in [0.25, 0.3) is 10.9 Å². The Hall–Kier alpha value is -1.70. The summed E-state index contributed by atoms with van der Waals surface area (Å²) in [6, 6.07) is 8.98. The molecule has 0 aliphatic heterocycles. The molecule has 0 aliphatic rings. The molecule has 1 atom stereocenters. The number of ether oxygens (including phenoxy) is 1. The molecule has 0 saturated carbocycles. The molecule has 5 nitrogen and oxygen atoms in total. The van der Waals surface area contributed by atoms with Crippen LogP contribution in [-0.2, 0) is 0 Å². The second-order valence-corrected chi connectivity index (χ2v) is 8.75. The number of nitrogens with zero attached hydrogens (tertiary/aromatic N) is 3. The van der Waals surface area contributed by atoms with Crippen LogP contribution in [0.3, 0.4) is 0 Å². The minimum atomic E-state index is -0.220. The second-order valence-electron chi connectivity index (χ2n) is 6.54. The van der Waals surface area contributed by atoms with Gasteiger partial charge in [0.05, 0.1) is 28.2 Å². The summed E-state index contributed by atoms with van der Waals surface area (Å²) < 4.78 is 8.63. The molecule has 152 valence electrons. The Bertz CT molecular complexity index is 1140. The lowest BCUT2D eigenvalue weighted by Crippen LogP contribution is -2.23. The van der Waals surface area contributed by atoms with E-state index in [-0.39, 0.29) is 11.5 Å². The van der Waals surface area contributed by atoms with Gasteiger partial charge in [-0.25, -0.2) is 4.98 Å². The third kappa shape index (κ3) is 4.73. The third-order valence-electron chi connectivity index (χ3n) is 4.52. The van der Waals surface area contributed by atoms with Crippen molar-refractivity contribution >= 4 is 60.6 Å². The molecule has 0 N–H and O–H groups in total. The second kappa shape index (κ2) is 9.41. The molecule has 1 aromatic heterocycles. The Morgan fingerprint density at radius 3 is 2.72 bits per heavy atom. The van der Waals surface area contributed by atoms with Crippen LogP contribution in [0.2, 0.25) is 5.02 Å². The Labute approximate surface area is 191 Å². The lowest BCUT2D eigenvalue weighted by Gasteiger charge is -2.14. The van der Waals surface area contributed by atoms with Crippen molar-refractivity contribution in [1.29, 1.82) is 0 Å². The average molecular weight is 542 g/mol. The highest BCUT2D eigenvalue weighted by atomic mass is 79.9. The summed E-state index contributed by atoms with van der Waals surface area (Å²) in [7, 11) is 0. The van der Waals surface area contributed by atoms with Gasteiger partial charge in [0, 0.05) is 21.0 Å². The summed E-state index contributed by atoms with van der Waals surface area (Å²) in [5, 5.41) is 5.53. The number of hydrogen-bond acceptors (Lipinski definition) is 4. The molecule has 8 heteroatoms. The maximum atomic E-state index is 13.2. The van der Waals surface area contributed by atoms with E-state index in [1.807, 2.05) is 26.0 Å². The lowest BCUT2D eigenvalue weighted by atomic mass is 10.1. The van der Waals surface area contributed by atoms with Crippen LogP contribution in [0.1, 0.15) is 44.5 Å². The maximum absolute atomic E-state index is 13.2. The minimum Gasteiger partial charge on any atom is -0.492 e. The van der Waals surface area contributed by atoms with Gasteiger partial charge < -0.3 is 4.74 Å². The monoisotopic (exact) mass is 539 g/mol. The third-order valence-corrected chi connectivity index (χ3v) is 5.83. The fourth-order valence-electron chi connectivity index (χ4n) is 2.87. The Morgan fingerprint density at radius 2 is 2.03 bits per heavy atom. The van der Waals surface area contributed by atoms with E-state index in [0.717, 1.165) is 15.4 Å². The highest BCUT2D eigenvalue weighted by Gasteiger charge is 2.16. The van der Waals surface area contributed by atoms with E-state index in [1.54, 1.807) is 24.4 Å². The quantitative estimate of drug-likeness (QED) is 0.341. The van der Waals surface area contributed by atoms with E-state index in [9.17, 15) is 4.79 Å². The molecule has 0 unspecified atom stereocenters. The molecular weight excluding hydrogens is 522 g/mol. The molecule has 0 fully saturated rings. The van der Waals surface area contributed by atoms with E-state index < -0.39 is 0 Å². The molecule has 3 aromatic rings. The first-order valence-corrected chi connectivity index (χ1v) is 11.2. The fraction of sp³-hybridized carbons (Fsp3) is 0.286. The van der Waals surface area contributed by atoms with Crippen LogP contribution in [0, 0.1) is 0 Å². The molecule has 0 saturated heterocycles. The van der Waals surface area contributed by atoms with E-state index in [1.165, 1.54) is 4.68 Å². The van der Waals surface area contributed by atoms with Crippen molar-refractivity contribution < 1.29 is 4.74 Å². The van der Waals surface area contributed by atoms with Gasteiger partial charge in [-0.15, -0.1) is 0 Å². The summed E-state index contributed by atoms with van der Waals surface area (Å²) >= 11 is 13.1. The Morgan fingerprint density at radius 1 is 1.28 bits per heavy atom. The van der Waals surface area contributed by atoms with Crippen molar-refractivity contribution in [2.75, 3.05) is 6.61 Å². The van der Waals surface area contributed by atoms with Crippen molar-refractivity contribution in [3.63, 3.8) is 0 Å². The number of hydrogen-bond donors (Lipinski definition) is 0. The first-order valence-electron chi connectivity index (χ1n) is 9.24. The minimum absolute atomic E-state index is 0.0605. The van der Waals surface area contributed by atoms with Gasteiger partial charge in [0.1, 0.15) is 11.6 Å². The van der Waals surface area contributed by atoms with E-state index in [4.69, 9.17) is 21.3 Å². The fourth-order valence-corrected chi connectivity index (χ4v) is 4.18. The zero-order valence-electron chi connectivity index (χ0n) is 16.2. The number of aromatic nitrogens is 2. The van der Waals surface area contributed by atoms with Gasteiger partial charge >= 0.3 is 0 Å². The number of fused-ring (bicyclic) bond motifs is 1. The van der Waals surface area contributed by atoms with Crippen LogP contribution >= 0.6 is 43.5 Å². The zero-order chi connectivity index (χ0) is 21.1. The van der Waals surface area contributed by atoms with Crippen molar-refractivity contribution in [1.82, 2.24) is 9.66 Å². The van der Waals surface area contributed by atoms with Gasteiger partial charge in [-0.1, -0.05) is 41.4 Å². The topological polar surface area (TPSA) is 56.5 Å². The predicted molar refractivity (Wildman–Crippen MR) is 126 cm³/mol. The first-order chi connectivity index (χ1) is 13.8. The lowest BCUT2D eigenvalue weighted by molar-refractivity contribution is 0.337. The van der Waals surface area contributed by atoms with E-state index in [0.29, 0.717) is 39.7 Å². The molecule has 0 radical (unpaired) electrons. The average Bonchev–Trinajstić information content (AvgIpc) is 2.69. The number of benzene rings is 2. The molecule has 0 amide bonds. The maximum Gasteiger partial charge on any atom is 0.282 e. The Kier molecular flexibility index (Phi) is 7.14. The standard InChI is InChI=1S/C21H20Br2ClN3O2/c1-4-12(3)20-26-18-7-6-14(22)9-16(18)21(28)27(20)25-11-13-8-15(24)10-17(23)19(13)29-5-2/h6-12H,4-5H2,1-3H3/t12-/m1/s1. The number of halogens is 3. The molecule has 29 heavy (non-hydrogen) atoms. The molecule has 2 aromatic carbocycles. The van der Waals surface area contributed by atoms with Crippen LogP contribution in [0.5, 0.6) is 5.75 Å². The van der Waals surface area contributed by atoms with Crippen molar-refractivity contribution in [2.45, 2.75) is 33.1 Å². The molecule has 0 aliphatic carbocycles. The summed E-state index contributed by atoms with van der Waals surface area (Å²) in [4.78, 5) is 17.9. The van der Waals surface area contributed by atoms with Crippen molar-refractivity contribution in [3.05, 3.63) is 66.0 Å². The smallest absolute Gasteiger partial charge is 0.282 e. The normalized spacial score (nSPS) is 12.6. The predicted octanol–water partition coefficient (Wildman–Crippen LogP) is 6.37. The molecule has 0 spiro atoms. The summed E-state index contributed by atoms with van der Waals surface area (Å²) in [5.74, 6) is 1.29. The van der Waals surface area contributed by atoms with Crippen molar-refractivity contribution in [3.8, 4) is 5.75 Å². The van der Waals surface area contributed by atoms with Gasteiger partial charge in [0.2, 0.25) is 0 Å². The van der Waals surface area contributed by atoms with Gasteiger partial charge in [0.15, 0.2) is 0 Å². The van der Waals surface area contributed by atoms with E-state index >= 15 is 0 Å². The molecule has 0 bridgehead atoms. The summed E-state index contributed by atoms with van der Waals surface area (Å²) in [5.41, 5.74) is 1.10. The van der Waals surface area contributed by atoms with Crippen LogP contribution in [-0.4, -0.2) is 22.5 Å². The highest BCUT2D eigenvalue weighted by molar-refractivity contribution is 9.10. The van der Waals surface area contributed by atoms with Gasteiger partial charge in [-0.05, 0) is 59.6 Å².